The highest BCUT2D eigenvalue weighted by atomic mass is 35.5. The Labute approximate surface area is 115 Å². The highest BCUT2D eigenvalue weighted by molar-refractivity contribution is 6.30. The zero-order valence-electron chi connectivity index (χ0n) is 10.3. The molecule has 0 spiro atoms. The minimum absolute atomic E-state index is 0.135. The number of rotatable bonds is 5. The molecule has 1 N–H and O–H groups in total. The number of carbonyl (C=O) groups is 1. The van der Waals surface area contributed by atoms with Crippen LogP contribution in [-0.4, -0.2) is 20.9 Å². The van der Waals surface area contributed by atoms with Crippen molar-refractivity contribution in [1.82, 2.24) is 9.78 Å². The van der Waals surface area contributed by atoms with Gasteiger partial charge in [0.1, 0.15) is 17.9 Å². The summed E-state index contributed by atoms with van der Waals surface area (Å²) in [5.74, 6) is -0.419. The second kappa shape index (κ2) is 5.75. The molecule has 2 aromatic rings. The number of halogens is 1. The van der Waals surface area contributed by atoms with Gasteiger partial charge in [-0.1, -0.05) is 17.7 Å². The summed E-state index contributed by atoms with van der Waals surface area (Å²) in [6.45, 7) is 2.61. The van der Waals surface area contributed by atoms with E-state index in [0.717, 1.165) is 0 Å². The number of nitrogens with zero attached hydrogens (tertiary/aromatic N) is 2. The van der Waals surface area contributed by atoms with Crippen LogP contribution in [0.4, 0.5) is 0 Å². The first-order chi connectivity index (χ1) is 9.11. The number of aromatic nitrogens is 2. The summed E-state index contributed by atoms with van der Waals surface area (Å²) in [5, 5.41) is 13.7. The van der Waals surface area contributed by atoms with Crippen molar-refractivity contribution in [2.24, 2.45) is 0 Å². The lowest BCUT2D eigenvalue weighted by Gasteiger charge is -2.09. The van der Waals surface area contributed by atoms with Crippen molar-refractivity contribution in [1.29, 1.82) is 0 Å². The largest absolute Gasteiger partial charge is 0.487 e. The van der Waals surface area contributed by atoms with Crippen molar-refractivity contribution < 1.29 is 14.6 Å². The van der Waals surface area contributed by atoms with Crippen LogP contribution in [-0.2, 0) is 13.2 Å². The van der Waals surface area contributed by atoms with Crippen molar-refractivity contribution in [3.05, 3.63) is 46.7 Å². The molecule has 0 bridgehead atoms. The second-order valence-corrected chi connectivity index (χ2v) is 4.31. The van der Waals surface area contributed by atoms with Gasteiger partial charge in [0.15, 0.2) is 0 Å². The summed E-state index contributed by atoms with van der Waals surface area (Å²) >= 11 is 5.85. The summed E-state index contributed by atoms with van der Waals surface area (Å²) < 4.78 is 7.16. The van der Waals surface area contributed by atoms with E-state index in [1.807, 2.05) is 6.92 Å². The van der Waals surface area contributed by atoms with E-state index >= 15 is 0 Å². The fourth-order valence-corrected chi connectivity index (χ4v) is 1.90. The Morgan fingerprint density at radius 1 is 1.53 bits per heavy atom. The Morgan fingerprint density at radius 3 is 2.95 bits per heavy atom. The van der Waals surface area contributed by atoms with Crippen LogP contribution >= 0.6 is 11.6 Å². The molecule has 0 fully saturated rings. The van der Waals surface area contributed by atoms with Gasteiger partial charge in [-0.3, -0.25) is 4.68 Å². The lowest BCUT2D eigenvalue weighted by Crippen LogP contribution is -2.10. The highest BCUT2D eigenvalue weighted by Crippen LogP contribution is 2.19. The fourth-order valence-electron chi connectivity index (χ4n) is 1.72. The zero-order valence-corrected chi connectivity index (χ0v) is 11.1. The van der Waals surface area contributed by atoms with Crippen LogP contribution in [0.5, 0.6) is 5.75 Å². The van der Waals surface area contributed by atoms with Crippen LogP contribution < -0.4 is 4.74 Å². The third-order valence-electron chi connectivity index (χ3n) is 2.65. The van der Waals surface area contributed by atoms with Crippen LogP contribution in [0.3, 0.4) is 0 Å². The number of carboxylic acid groups (broad SMARTS) is 1. The maximum atomic E-state index is 11.1. The van der Waals surface area contributed by atoms with Gasteiger partial charge in [-0.15, -0.1) is 0 Å². The molecule has 0 radical (unpaired) electrons. The van der Waals surface area contributed by atoms with Gasteiger partial charge in [0.2, 0.25) is 0 Å². The third kappa shape index (κ3) is 3.06. The molecular weight excluding hydrogens is 268 g/mol. The van der Waals surface area contributed by atoms with Crippen LogP contribution in [0, 0.1) is 0 Å². The average molecular weight is 281 g/mol. The maximum Gasteiger partial charge on any atom is 0.339 e. The first-order valence-corrected chi connectivity index (χ1v) is 6.16. The predicted molar refractivity (Wildman–Crippen MR) is 70.6 cm³/mol. The standard InChI is InChI=1S/C13H13ClN2O3/c1-2-16-12(11(7-15-16)13(17)18)8-19-10-5-3-4-9(14)6-10/h3-7H,2,8H2,1H3,(H,17,18). The molecule has 1 heterocycles. The Kier molecular flexibility index (Phi) is 4.06. The van der Waals surface area contributed by atoms with E-state index in [1.54, 1.807) is 28.9 Å². The van der Waals surface area contributed by atoms with E-state index in [-0.39, 0.29) is 12.2 Å². The van der Waals surface area contributed by atoms with Gasteiger partial charge in [-0.2, -0.15) is 5.10 Å². The molecule has 0 saturated heterocycles. The minimum Gasteiger partial charge on any atom is -0.487 e. The molecule has 2 rings (SSSR count). The Morgan fingerprint density at radius 2 is 2.32 bits per heavy atom. The lowest BCUT2D eigenvalue weighted by atomic mass is 10.2. The van der Waals surface area contributed by atoms with Crippen molar-refractivity contribution >= 4 is 17.6 Å². The molecule has 1 aromatic heterocycles. The van der Waals surface area contributed by atoms with Gasteiger partial charge < -0.3 is 9.84 Å². The van der Waals surface area contributed by atoms with E-state index in [9.17, 15) is 4.79 Å². The average Bonchev–Trinajstić information content (AvgIpc) is 2.79. The molecular formula is C13H13ClN2O3. The number of aromatic carboxylic acids is 1. The molecule has 0 saturated carbocycles. The zero-order chi connectivity index (χ0) is 13.8. The van der Waals surface area contributed by atoms with Gasteiger partial charge in [0, 0.05) is 11.6 Å². The smallest absolute Gasteiger partial charge is 0.339 e. The van der Waals surface area contributed by atoms with Crippen molar-refractivity contribution in [3.8, 4) is 5.75 Å². The van der Waals surface area contributed by atoms with Gasteiger partial charge in [0.25, 0.3) is 0 Å². The molecule has 0 aliphatic heterocycles. The van der Waals surface area contributed by atoms with E-state index < -0.39 is 5.97 Å². The quantitative estimate of drug-likeness (QED) is 0.915. The monoisotopic (exact) mass is 280 g/mol. The number of benzene rings is 1. The molecule has 0 aliphatic carbocycles. The van der Waals surface area contributed by atoms with E-state index in [0.29, 0.717) is 23.0 Å². The van der Waals surface area contributed by atoms with Crippen molar-refractivity contribution in [2.75, 3.05) is 0 Å². The van der Waals surface area contributed by atoms with Gasteiger partial charge >= 0.3 is 5.97 Å². The number of carboxylic acids is 1. The van der Waals surface area contributed by atoms with Crippen LogP contribution in [0.2, 0.25) is 5.02 Å². The number of hydrogen-bond acceptors (Lipinski definition) is 3. The molecule has 5 nitrogen and oxygen atoms in total. The summed E-state index contributed by atoms with van der Waals surface area (Å²) in [7, 11) is 0. The molecule has 1 aromatic carbocycles. The molecule has 0 atom stereocenters. The molecule has 19 heavy (non-hydrogen) atoms. The summed E-state index contributed by atoms with van der Waals surface area (Å²) in [4.78, 5) is 11.1. The normalized spacial score (nSPS) is 10.4. The van der Waals surface area contributed by atoms with E-state index in [1.165, 1.54) is 6.20 Å². The van der Waals surface area contributed by atoms with E-state index in [2.05, 4.69) is 5.10 Å². The Balaban J connectivity index is 2.19. The van der Waals surface area contributed by atoms with Crippen LogP contribution in [0.15, 0.2) is 30.5 Å². The fraction of sp³-hybridized carbons (Fsp3) is 0.231. The van der Waals surface area contributed by atoms with Crippen molar-refractivity contribution in [3.63, 3.8) is 0 Å². The highest BCUT2D eigenvalue weighted by Gasteiger charge is 2.16. The number of hydrogen-bond donors (Lipinski definition) is 1. The van der Waals surface area contributed by atoms with Gasteiger partial charge in [-0.05, 0) is 25.1 Å². The van der Waals surface area contributed by atoms with Crippen LogP contribution in [0.1, 0.15) is 23.0 Å². The molecule has 0 aliphatic rings. The molecule has 0 unspecified atom stereocenters. The Hall–Kier alpha value is -2.01. The predicted octanol–water partition coefficient (Wildman–Crippen LogP) is 2.83. The number of ether oxygens (including phenoxy) is 1. The first-order valence-electron chi connectivity index (χ1n) is 5.78. The van der Waals surface area contributed by atoms with E-state index in [4.69, 9.17) is 21.4 Å². The molecule has 100 valence electrons. The third-order valence-corrected chi connectivity index (χ3v) is 2.89. The first kappa shape index (κ1) is 13.4. The van der Waals surface area contributed by atoms with Gasteiger partial charge in [-0.25, -0.2) is 4.79 Å². The summed E-state index contributed by atoms with van der Waals surface area (Å²) in [6.07, 6.45) is 1.34. The maximum absolute atomic E-state index is 11.1. The second-order valence-electron chi connectivity index (χ2n) is 3.87. The molecule has 6 heteroatoms. The minimum atomic E-state index is -1.01. The Bertz CT molecular complexity index is 595. The molecule has 0 amide bonds. The topological polar surface area (TPSA) is 64.4 Å². The van der Waals surface area contributed by atoms with Gasteiger partial charge in [0.05, 0.1) is 11.9 Å². The summed E-state index contributed by atoms with van der Waals surface area (Å²) in [5.41, 5.74) is 0.693. The lowest BCUT2D eigenvalue weighted by molar-refractivity contribution is 0.0693. The van der Waals surface area contributed by atoms with Crippen molar-refractivity contribution in [2.45, 2.75) is 20.1 Å². The number of aryl methyl sites for hydroxylation is 1. The van der Waals surface area contributed by atoms with Crippen LogP contribution in [0.25, 0.3) is 0 Å². The summed E-state index contributed by atoms with van der Waals surface area (Å²) in [6, 6.07) is 6.95. The SMILES string of the molecule is CCn1ncc(C(=O)O)c1COc1cccc(Cl)c1.